The minimum Gasteiger partial charge on any atom is -0.423 e. The van der Waals surface area contributed by atoms with Crippen molar-refractivity contribution in [3.05, 3.63) is 52.6 Å². The van der Waals surface area contributed by atoms with Crippen molar-refractivity contribution in [3.63, 3.8) is 0 Å². The summed E-state index contributed by atoms with van der Waals surface area (Å²) in [6.45, 7) is -1.07. The number of alkyl halides is 5. The number of carbonyl (C=O) groups excluding carboxylic acids is 1. The Morgan fingerprint density at radius 3 is 2.48 bits per heavy atom. The van der Waals surface area contributed by atoms with Gasteiger partial charge in [-0.15, -0.1) is 0 Å². The van der Waals surface area contributed by atoms with Crippen LogP contribution in [0.2, 0.25) is 0 Å². The lowest BCUT2D eigenvalue weighted by Crippen LogP contribution is -2.49. The second-order valence-electron chi connectivity index (χ2n) is 10.1. The number of amidine groups is 1. The van der Waals surface area contributed by atoms with Gasteiger partial charge in [0.05, 0.1) is 12.3 Å². The number of ether oxygens (including phenoxy) is 1. The minimum absolute atomic E-state index is 0.0500. The highest BCUT2D eigenvalue weighted by molar-refractivity contribution is 6.58. The van der Waals surface area contributed by atoms with Crippen molar-refractivity contribution >= 4 is 30.0 Å². The Balaban J connectivity index is 1.39. The van der Waals surface area contributed by atoms with Crippen molar-refractivity contribution in [3.8, 4) is 0 Å². The molecule has 0 unspecified atom stereocenters. The number of anilines is 1. The number of amides is 1. The summed E-state index contributed by atoms with van der Waals surface area (Å²) in [6, 6.07) is 4.35. The first-order chi connectivity index (χ1) is 18.9. The van der Waals surface area contributed by atoms with Crippen LogP contribution >= 0.6 is 0 Å². The number of halogens is 6. The van der Waals surface area contributed by atoms with E-state index in [2.05, 4.69) is 15.3 Å². The van der Waals surface area contributed by atoms with Crippen LogP contribution in [0.3, 0.4) is 0 Å². The van der Waals surface area contributed by atoms with E-state index in [1.807, 2.05) is 0 Å². The lowest BCUT2D eigenvalue weighted by atomic mass is 9.79. The molecular formula is C25H25BF6N4O4. The third kappa shape index (κ3) is 5.67. The molecule has 2 fully saturated rings. The van der Waals surface area contributed by atoms with Gasteiger partial charge in [0.2, 0.25) is 0 Å². The Bertz CT molecular complexity index is 1330. The molecule has 5 rings (SSSR count). The van der Waals surface area contributed by atoms with E-state index in [-0.39, 0.29) is 60.1 Å². The number of nitrogens with one attached hydrogen (secondary N) is 1. The summed E-state index contributed by atoms with van der Waals surface area (Å²) in [7, 11) is -1.98. The number of pyridine rings is 1. The van der Waals surface area contributed by atoms with Gasteiger partial charge in [-0.25, -0.2) is 18.2 Å². The highest BCUT2D eigenvalue weighted by Crippen LogP contribution is 2.43. The molecule has 2 aromatic rings. The number of hydrogen-bond donors (Lipinski definition) is 3. The average molecular weight is 570 g/mol. The number of piperidine rings is 1. The Hall–Kier alpha value is -3.17. The zero-order valence-electron chi connectivity index (χ0n) is 21.0. The highest BCUT2D eigenvalue weighted by Gasteiger charge is 2.47. The van der Waals surface area contributed by atoms with Crippen molar-refractivity contribution < 1.29 is 45.9 Å². The van der Waals surface area contributed by atoms with Crippen molar-refractivity contribution in [1.29, 1.82) is 0 Å². The van der Waals surface area contributed by atoms with Gasteiger partial charge in [0.15, 0.2) is 0 Å². The summed E-state index contributed by atoms with van der Waals surface area (Å²) in [5.41, 5.74) is -1.63. The van der Waals surface area contributed by atoms with Crippen LogP contribution in [0.1, 0.15) is 54.1 Å². The fourth-order valence-corrected chi connectivity index (χ4v) is 5.07. The Morgan fingerprint density at radius 2 is 1.88 bits per heavy atom. The fraction of sp³-hybridized carbons (Fsp3) is 0.480. The van der Waals surface area contributed by atoms with E-state index in [0.29, 0.717) is 18.4 Å². The topological polar surface area (TPSA) is 107 Å². The normalized spacial score (nSPS) is 18.9. The molecule has 1 saturated carbocycles. The van der Waals surface area contributed by atoms with Gasteiger partial charge in [-0.1, -0.05) is 0 Å². The molecule has 1 aromatic carbocycles. The lowest BCUT2D eigenvalue weighted by Gasteiger charge is -2.38. The van der Waals surface area contributed by atoms with Crippen LogP contribution in [0.25, 0.3) is 0 Å². The van der Waals surface area contributed by atoms with Gasteiger partial charge in [-0.2, -0.15) is 13.2 Å². The largest absolute Gasteiger partial charge is 0.488 e. The molecule has 15 heteroatoms. The zero-order chi connectivity index (χ0) is 28.8. The SMILES string of the molecule is O=C1NC(c2ccc(C(F)(F)F)nc2C2CC2)=NC12CCN(c1cc(B(O)O)cc(F)c1COCC(F)F)CC2. The molecule has 3 heterocycles. The molecule has 214 valence electrons. The van der Waals surface area contributed by atoms with Crippen LogP contribution in [0.15, 0.2) is 29.3 Å². The van der Waals surface area contributed by atoms with Crippen molar-refractivity contribution in [1.82, 2.24) is 10.3 Å². The number of carbonyl (C=O) groups is 1. The summed E-state index contributed by atoms with van der Waals surface area (Å²) in [4.78, 5) is 23.2. The molecule has 1 spiro atoms. The number of rotatable bonds is 8. The van der Waals surface area contributed by atoms with Gasteiger partial charge in [-0.05, 0) is 55.4 Å². The maximum atomic E-state index is 14.9. The molecule has 3 N–H and O–H groups in total. The van der Waals surface area contributed by atoms with Gasteiger partial charge in [0, 0.05) is 35.8 Å². The lowest BCUT2D eigenvalue weighted by molar-refractivity contribution is -0.141. The standard InChI is InChI=1S/C25H25BF6N4O4/c27-17-9-14(26(38)39)10-18(16(17)11-40-12-20(28)29)36-7-5-24(6-8-36)23(37)34-22(35-24)15-3-4-19(25(30,31)32)33-21(15)13-1-2-13/h3-4,9-10,13,20,38-39H,1-2,5-8,11-12H2,(H,34,35,37). The first-order valence-electron chi connectivity index (χ1n) is 12.7. The third-order valence-corrected chi connectivity index (χ3v) is 7.33. The van der Waals surface area contributed by atoms with Crippen LogP contribution < -0.4 is 15.7 Å². The van der Waals surface area contributed by atoms with E-state index in [1.165, 1.54) is 12.1 Å². The molecule has 1 aliphatic carbocycles. The minimum atomic E-state index is -4.61. The van der Waals surface area contributed by atoms with E-state index in [9.17, 15) is 41.2 Å². The number of aliphatic imine (C=N–C) groups is 1. The molecular weight excluding hydrogens is 545 g/mol. The summed E-state index contributed by atoms with van der Waals surface area (Å²) >= 11 is 0. The number of benzene rings is 1. The first-order valence-corrected chi connectivity index (χ1v) is 12.7. The van der Waals surface area contributed by atoms with E-state index in [1.54, 1.807) is 4.90 Å². The predicted molar refractivity (Wildman–Crippen MR) is 132 cm³/mol. The van der Waals surface area contributed by atoms with E-state index >= 15 is 0 Å². The second-order valence-corrected chi connectivity index (χ2v) is 10.1. The van der Waals surface area contributed by atoms with Crippen molar-refractivity contribution in [2.75, 3.05) is 24.6 Å². The maximum Gasteiger partial charge on any atom is 0.488 e. The number of nitrogens with zero attached hydrogens (tertiary/aromatic N) is 3. The van der Waals surface area contributed by atoms with E-state index < -0.39 is 55.9 Å². The first kappa shape index (κ1) is 28.4. The fourth-order valence-electron chi connectivity index (χ4n) is 5.07. The van der Waals surface area contributed by atoms with Crippen molar-refractivity contribution in [2.24, 2.45) is 4.99 Å². The number of aromatic nitrogens is 1. The molecule has 0 atom stereocenters. The van der Waals surface area contributed by atoms with Gasteiger partial charge >= 0.3 is 13.3 Å². The smallest absolute Gasteiger partial charge is 0.423 e. The summed E-state index contributed by atoms with van der Waals surface area (Å²) in [6.07, 6.45) is -5.69. The monoisotopic (exact) mass is 570 g/mol. The van der Waals surface area contributed by atoms with Gasteiger partial charge < -0.3 is 25.0 Å². The highest BCUT2D eigenvalue weighted by atomic mass is 19.4. The van der Waals surface area contributed by atoms with Gasteiger partial charge in [-0.3, -0.25) is 9.79 Å². The molecule has 1 saturated heterocycles. The Kier molecular flexibility index (Phi) is 7.57. The number of hydrogen-bond acceptors (Lipinski definition) is 7. The molecule has 1 aromatic heterocycles. The van der Waals surface area contributed by atoms with E-state index in [0.717, 1.165) is 12.1 Å². The van der Waals surface area contributed by atoms with Gasteiger partial charge in [0.25, 0.3) is 12.3 Å². The summed E-state index contributed by atoms with van der Waals surface area (Å²) in [5, 5.41) is 21.9. The summed E-state index contributed by atoms with van der Waals surface area (Å²) in [5.74, 6) is -1.28. The quantitative estimate of drug-likeness (QED) is 0.333. The molecule has 2 aliphatic heterocycles. The zero-order valence-corrected chi connectivity index (χ0v) is 21.0. The molecule has 0 radical (unpaired) electrons. The predicted octanol–water partition coefficient (Wildman–Crippen LogP) is 2.49. The second kappa shape index (κ2) is 10.7. The van der Waals surface area contributed by atoms with Crippen molar-refractivity contribution in [2.45, 2.75) is 56.3 Å². The average Bonchev–Trinajstić information content (AvgIpc) is 3.69. The van der Waals surface area contributed by atoms with Crippen LogP contribution in [-0.4, -0.2) is 65.6 Å². The molecule has 0 bridgehead atoms. The third-order valence-electron chi connectivity index (χ3n) is 7.33. The van der Waals surface area contributed by atoms with Crippen LogP contribution in [0.4, 0.5) is 32.0 Å². The molecule has 3 aliphatic rings. The van der Waals surface area contributed by atoms with Crippen LogP contribution in [0.5, 0.6) is 0 Å². The van der Waals surface area contributed by atoms with Crippen LogP contribution in [-0.2, 0) is 22.3 Å². The Morgan fingerprint density at radius 1 is 1.18 bits per heavy atom. The van der Waals surface area contributed by atoms with Crippen LogP contribution in [0, 0.1) is 5.82 Å². The maximum absolute atomic E-state index is 14.9. The summed E-state index contributed by atoms with van der Waals surface area (Å²) < 4.78 is 84.7. The molecule has 1 amide bonds. The molecule has 8 nitrogen and oxygen atoms in total. The Labute approximate surface area is 225 Å². The molecule has 40 heavy (non-hydrogen) atoms. The van der Waals surface area contributed by atoms with E-state index in [4.69, 9.17) is 4.74 Å². The van der Waals surface area contributed by atoms with Gasteiger partial charge in [0.1, 0.15) is 29.5 Å².